The van der Waals surface area contributed by atoms with Crippen LogP contribution in [-0.2, 0) is 4.74 Å². The van der Waals surface area contributed by atoms with Gasteiger partial charge < -0.3 is 19.9 Å². The number of ether oxygens (including phenoxy) is 1. The maximum Gasteiger partial charge on any atom is 0.407 e. The monoisotopic (exact) mass is 754 g/mol. The van der Waals surface area contributed by atoms with Gasteiger partial charge in [0.15, 0.2) is 0 Å². The van der Waals surface area contributed by atoms with E-state index < -0.39 is 0 Å². The molecule has 0 spiro atoms. The number of amides is 1. The zero-order valence-electron chi connectivity index (χ0n) is 37.5. The number of hydrogen-bond donors (Lipinski definition) is 1. The van der Waals surface area contributed by atoms with Crippen molar-refractivity contribution in [2.24, 2.45) is 52.3 Å². The predicted octanol–water partition coefficient (Wildman–Crippen LogP) is 12.9. The molecule has 8 atom stereocenters. The molecule has 0 aromatic heterocycles. The van der Waals surface area contributed by atoms with Crippen LogP contribution in [0.4, 0.5) is 4.79 Å². The minimum atomic E-state index is -0.198. The number of carbonyl (C=O) groups excluding carboxylic acids is 1. The molecule has 0 saturated heterocycles. The summed E-state index contributed by atoms with van der Waals surface area (Å²) in [5, 5.41) is 3.15. The van der Waals surface area contributed by atoms with E-state index in [0.717, 1.165) is 67.2 Å². The lowest BCUT2D eigenvalue weighted by atomic mass is 9.47. The minimum Gasteiger partial charge on any atom is -0.446 e. The highest BCUT2D eigenvalue weighted by Crippen LogP contribution is 2.67. The summed E-state index contributed by atoms with van der Waals surface area (Å²) < 4.78 is 6.14. The second kappa shape index (κ2) is 22.8. The van der Waals surface area contributed by atoms with Gasteiger partial charge in [-0.25, -0.2) is 4.79 Å². The molecule has 4 aliphatic carbocycles. The Kier molecular flexibility index (Phi) is 19.2. The molecule has 3 fully saturated rings. The number of hydrogen-bond acceptors (Lipinski definition) is 4. The molecule has 8 unspecified atom stereocenters. The Hall–Kier alpha value is -1.07. The molecular formula is C49H91N3O2. The molecule has 0 bridgehead atoms. The van der Waals surface area contributed by atoms with Crippen molar-refractivity contribution in [3.63, 3.8) is 0 Å². The normalized spacial score (nSPS) is 30.0. The first-order valence-electron chi connectivity index (χ1n) is 24.0. The molecule has 0 aromatic rings. The van der Waals surface area contributed by atoms with E-state index in [-0.39, 0.29) is 12.2 Å². The maximum absolute atomic E-state index is 13.1. The summed E-state index contributed by atoms with van der Waals surface area (Å²) in [5.41, 5.74) is 2.45. The average Bonchev–Trinajstić information content (AvgIpc) is 3.49. The lowest BCUT2D eigenvalue weighted by Gasteiger charge is -2.58. The second-order valence-corrected chi connectivity index (χ2v) is 20.5. The van der Waals surface area contributed by atoms with Crippen LogP contribution in [0.15, 0.2) is 11.6 Å². The quantitative estimate of drug-likeness (QED) is 0.0745. The van der Waals surface area contributed by atoms with E-state index in [2.05, 4.69) is 83.5 Å². The van der Waals surface area contributed by atoms with Crippen molar-refractivity contribution < 1.29 is 9.53 Å². The molecule has 1 N–H and O–H groups in total. The minimum absolute atomic E-state index is 0.0269. The van der Waals surface area contributed by atoms with E-state index in [1.54, 1.807) is 5.57 Å². The standard InChI is InChI=1S/C49H91N3O2/c1-10-12-31-51(32-13-11-2)33-14-15-34-52(35-17-20-39(5)6)36-18-30-50-47(53)54-42-26-28-48(8)41(37-42)22-23-43-45-25-24-44(40(7)21-16-19-38(3)4)49(45,9)29-27-46(43)48/h22,38-40,42-46H,10-21,23-37H2,1-9H3,(H,50,53). The van der Waals surface area contributed by atoms with Gasteiger partial charge in [0, 0.05) is 13.0 Å². The number of rotatable bonds is 25. The number of nitrogens with one attached hydrogen (secondary N) is 1. The van der Waals surface area contributed by atoms with Crippen molar-refractivity contribution in [3.8, 4) is 0 Å². The van der Waals surface area contributed by atoms with E-state index in [0.29, 0.717) is 17.4 Å². The van der Waals surface area contributed by atoms with Crippen molar-refractivity contribution in [1.82, 2.24) is 15.1 Å². The SMILES string of the molecule is CCCCN(CCCC)CCCCN(CCCNC(=O)OC1CCC2(C)C(=CCC3C2CCC2(C)C(C(C)CCCC(C)C)CCC32)C1)CCCC(C)C. The largest absolute Gasteiger partial charge is 0.446 e. The molecule has 1 amide bonds. The molecule has 314 valence electrons. The van der Waals surface area contributed by atoms with Gasteiger partial charge in [0.25, 0.3) is 0 Å². The number of carbonyl (C=O) groups is 1. The predicted molar refractivity (Wildman–Crippen MR) is 232 cm³/mol. The molecule has 0 aliphatic heterocycles. The summed E-state index contributed by atoms with van der Waals surface area (Å²) in [6.45, 7) is 29.8. The Morgan fingerprint density at radius 3 is 2.00 bits per heavy atom. The first-order valence-corrected chi connectivity index (χ1v) is 24.0. The highest BCUT2D eigenvalue weighted by atomic mass is 16.6. The Balaban J connectivity index is 1.20. The molecule has 54 heavy (non-hydrogen) atoms. The van der Waals surface area contributed by atoms with Crippen molar-refractivity contribution >= 4 is 6.09 Å². The van der Waals surface area contributed by atoms with Gasteiger partial charge in [-0.2, -0.15) is 0 Å². The first kappa shape index (κ1) is 45.6. The van der Waals surface area contributed by atoms with Gasteiger partial charge in [-0.1, -0.05) is 106 Å². The number of unbranched alkanes of at least 4 members (excludes halogenated alkanes) is 3. The summed E-state index contributed by atoms with van der Waals surface area (Å²) in [6, 6.07) is 0. The van der Waals surface area contributed by atoms with Crippen molar-refractivity contribution in [1.29, 1.82) is 0 Å². The molecule has 3 saturated carbocycles. The molecule has 4 aliphatic rings. The number of nitrogens with zero attached hydrogens (tertiary/aromatic N) is 2. The van der Waals surface area contributed by atoms with Gasteiger partial charge >= 0.3 is 6.09 Å². The van der Waals surface area contributed by atoms with E-state index in [9.17, 15) is 4.79 Å². The van der Waals surface area contributed by atoms with Crippen LogP contribution in [-0.4, -0.2) is 67.8 Å². The van der Waals surface area contributed by atoms with Crippen LogP contribution in [0, 0.1) is 52.3 Å². The van der Waals surface area contributed by atoms with E-state index >= 15 is 0 Å². The van der Waals surface area contributed by atoms with Crippen LogP contribution < -0.4 is 5.32 Å². The lowest BCUT2D eigenvalue weighted by Crippen LogP contribution is -2.51. The van der Waals surface area contributed by atoms with Crippen LogP contribution in [0.25, 0.3) is 0 Å². The third-order valence-corrected chi connectivity index (χ3v) is 15.6. The Labute approximate surface area is 336 Å². The van der Waals surface area contributed by atoms with Gasteiger partial charge in [0.05, 0.1) is 0 Å². The summed E-state index contributed by atoms with van der Waals surface area (Å²) in [6.07, 6.45) is 28.1. The number of alkyl carbamates (subject to hydrolysis) is 1. The Bertz CT molecular complexity index is 1100. The number of fused-ring (bicyclic) bond motifs is 5. The smallest absolute Gasteiger partial charge is 0.407 e. The summed E-state index contributed by atoms with van der Waals surface area (Å²) in [5.74, 6) is 5.92. The third-order valence-electron chi connectivity index (χ3n) is 15.6. The topological polar surface area (TPSA) is 44.8 Å². The zero-order valence-corrected chi connectivity index (χ0v) is 37.5. The van der Waals surface area contributed by atoms with Gasteiger partial charge in [-0.05, 0) is 181 Å². The zero-order chi connectivity index (χ0) is 39.1. The third kappa shape index (κ3) is 13.0. The second-order valence-electron chi connectivity index (χ2n) is 20.5. The van der Waals surface area contributed by atoms with Crippen LogP contribution in [0.2, 0.25) is 0 Å². The van der Waals surface area contributed by atoms with Crippen LogP contribution in [0.1, 0.15) is 191 Å². The van der Waals surface area contributed by atoms with Crippen molar-refractivity contribution in [2.75, 3.05) is 45.8 Å². The van der Waals surface area contributed by atoms with Crippen LogP contribution in [0.3, 0.4) is 0 Å². The molecule has 5 heteroatoms. The molecular weight excluding hydrogens is 663 g/mol. The fraction of sp³-hybridized carbons (Fsp3) is 0.939. The van der Waals surface area contributed by atoms with Crippen LogP contribution >= 0.6 is 0 Å². The van der Waals surface area contributed by atoms with Crippen molar-refractivity contribution in [2.45, 2.75) is 197 Å². The molecule has 4 rings (SSSR count). The summed E-state index contributed by atoms with van der Waals surface area (Å²) in [7, 11) is 0. The fourth-order valence-corrected chi connectivity index (χ4v) is 12.3. The summed E-state index contributed by atoms with van der Waals surface area (Å²) in [4.78, 5) is 18.4. The van der Waals surface area contributed by atoms with Gasteiger partial charge in [-0.3, -0.25) is 0 Å². The molecule has 0 radical (unpaired) electrons. The Morgan fingerprint density at radius 2 is 1.35 bits per heavy atom. The number of allylic oxidation sites excluding steroid dienone is 1. The average molecular weight is 754 g/mol. The Morgan fingerprint density at radius 1 is 0.741 bits per heavy atom. The van der Waals surface area contributed by atoms with Gasteiger partial charge in [0.1, 0.15) is 6.10 Å². The van der Waals surface area contributed by atoms with Crippen molar-refractivity contribution in [3.05, 3.63) is 11.6 Å². The first-order chi connectivity index (χ1) is 25.9. The summed E-state index contributed by atoms with van der Waals surface area (Å²) >= 11 is 0. The van der Waals surface area contributed by atoms with E-state index in [1.807, 2.05) is 0 Å². The molecule has 0 heterocycles. The fourth-order valence-electron chi connectivity index (χ4n) is 12.3. The van der Waals surface area contributed by atoms with E-state index in [4.69, 9.17) is 4.74 Å². The molecule has 5 nitrogen and oxygen atoms in total. The highest BCUT2D eigenvalue weighted by Gasteiger charge is 2.59. The van der Waals surface area contributed by atoms with Gasteiger partial charge in [0.2, 0.25) is 0 Å². The highest BCUT2D eigenvalue weighted by molar-refractivity contribution is 5.67. The van der Waals surface area contributed by atoms with Gasteiger partial charge in [-0.15, -0.1) is 0 Å². The molecule has 0 aromatic carbocycles. The lowest BCUT2D eigenvalue weighted by molar-refractivity contribution is -0.0581. The maximum atomic E-state index is 13.1. The van der Waals surface area contributed by atoms with Crippen LogP contribution in [0.5, 0.6) is 0 Å². The van der Waals surface area contributed by atoms with E-state index in [1.165, 1.54) is 142 Å².